The summed E-state index contributed by atoms with van der Waals surface area (Å²) in [5, 5.41) is 21.2. The third-order valence-electron chi connectivity index (χ3n) is 7.24. The highest BCUT2D eigenvalue weighted by Crippen LogP contribution is 2.38. The number of aliphatic hydroxyl groups is 2. The summed E-state index contributed by atoms with van der Waals surface area (Å²) in [6.45, 7) is 16.0. The van der Waals surface area contributed by atoms with E-state index in [0.29, 0.717) is 84.0 Å². The summed E-state index contributed by atoms with van der Waals surface area (Å²) in [6.07, 6.45) is 0.645. The van der Waals surface area contributed by atoms with E-state index in [4.69, 9.17) is 31.0 Å². The van der Waals surface area contributed by atoms with Gasteiger partial charge in [-0.25, -0.2) is 14.8 Å². The highest BCUT2D eigenvalue weighted by molar-refractivity contribution is 6.33. The van der Waals surface area contributed by atoms with E-state index >= 15 is 0 Å². The van der Waals surface area contributed by atoms with E-state index in [9.17, 15) is 15.0 Å². The maximum absolute atomic E-state index is 12.3. The minimum atomic E-state index is -0.562. The first-order valence-corrected chi connectivity index (χ1v) is 14.3. The van der Waals surface area contributed by atoms with Crippen LogP contribution in [0.2, 0.25) is 5.02 Å². The molecule has 9 nitrogen and oxygen atoms in total. The van der Waals surface area contributed by atoms with Crippen molar-refractivity contribution in [2.24, 2.45) is 0 Å². The number of halogens is 1. The minimum absolute atomic E-state index is 0.108. The Morgan fingerprint density at radius 2 is 1.83 bits per heavy atom. The average molecular weight is 583 g/mol. The number of hydrogen-bond donors (Lipinski definition) is 2. The van der Waals surface area contributed by atoms with Crippen molar-refractivity contribution < 1.29 is 24.5 Å². The number of allylic oxidation sites excluding steroid dienone is 3. The quantitative estimate of drug-likeness (QED) is 0.197. The summed E-state index contributed by atoms with van der Waals surface area (Å²) < 4.78 is 11.0. The lowest BCUT2D eigenvalue weighted by atomic mass is 9.99. The van der Waals surface area contributed by atoms with Crippen LogP contribution >= 0.6 is 11.6 Å². The van der Waals surface area contributed by atoms with Gasteiger partial charge in [0, 0.05) is 42.9 Å². The van der Waals surface area contributed by atoms with Crippen LogP contribution in [0.1, 0.15) is 51.8 Å². The Labute approximate surface area is 246 Å². The molecule has 0 spiro atoms. The average Bonchev–Trinajstić information content (AvgIpc) is 3.49. The Bertz CT molecular complexity index is 1380. The lowest BCUT2D eigenvalue weighted by Crippen LogP contribution is -2.35. The molecule has 4 rings (SSSR count). The highest BCUT2D eigenvalue weighted by atomic mass is 35.5. The lowest BCUT2D eigenvalue weighted by Gasteiger charge is -2.26. The van der Waals surface area contributed by atoms with Crippen molar-refractivity contribution in [2.45, 2.75) is 53.6 Å². The fourth-order valence-electron chi connectivity index (χ4n) is 5.31. The number of anilines is 1. The zero-order valence-corrected chi connectivity index (χ0v) is 25.2. The van der Waals surface area contributed by atoms with Gasteiger partial charge in [-0.3, -0.25) is 0 Å². The first-order chi connectivity index (χ1) is 19.5. The summed E-state index contributed by atoms with van der Waals surface area (Å²) in [7, 11) is 0. The fourth-order valence-corrected chi connectivity index (χ4v) is 5.51. The number of nitrogens with zero attached hydrogens (tertiary/aromatic N) is 4. The second-order valence-electron chi connectivity index (χ2n) is 10.6. The van der Waals surface area contributed by atoms with Gasteiger partial charge in [-0.1, -0.05) is 31.5 Å². The smallest absolute Gasteiger partial charge is 0.410 e. The Morgan fingerprint density at radius 1 is 1.15 bits per heavy atom. The third-order valence-corrected chi connectivity index (χ3v) is 7.57. The van der Waals surface area contributed by atoms with Crippen molar-refractivity contribution in [1.82, 2.24) is 14.9 Å². The molecular weight excluding hydrogens is 544 g/mol. The van der Waals surface area contributed by atoms with Gasteiger partial charge in [0.15, 0.2) is 5.82 Å². The molecule has 0 radical (unpaired) electrons. The molecule has 220 valence electrons. The summed E-state index contributed by atoms with van der Waals surface area (Å²) >= 11 is 6.67. The zero-order valence-electron chi connectivity index (χ0n) is 24.5. The number of benzene rings is 1. The second kappa shape index (κ2) is 13.0. The topological polar surface area (TPSA) is 108 Å². The fraction of sp³-hybridized carbons (Fsp3) is 0.452. The van der Waals surface area contributed by atoms with Gasteiger partial charge in [-0.15, -0.1) is 0 Å². The number of hydrogen-bond acceptors (Lipinski definition) is 8. The van der Waals surface area contributed by atoms with E-state index in [0.717, 1.165) is 12.0 Å². The number of carbonyl (C=O) groups excluding carboxylic acids is 1. The van der Waals surface area contributed by atoms with E-state index in [1.54, 1.807) is 36.9 Å². The Balaban J connectivity index is 1.72. The number of carbonyl (C=O) groups is 1. The van der Waals surface area contributed by atoms with Crippen LogP contribution in [0.25, 0.3) is 17.0 Å². The monoisotopic (exact) mass is 582 g/mol. The standard InChI is InChI=1S/C31H39ClN4O5/c1-7-9-23(38)17-41-24-10-11-26(32)25(12-24)29-33-28(27(18(3)4)20(6)37)19(5)30(34-29)35-13-21-15-36(16-22(21)14-35)31(39)40-8-2/h10-12,23,37-38H,3,7-9,13-17H2,1-2,4-6H3/b27-20+/t23-/m1/s1. The van der Waals surface area contributed by atoms with Gasteiger partial charge < -0.3 is 29.5 Å². The first-order valence-electron chi connectivity index (χ1n) is 14.0. The second-order valence-corrected chi connectivity index (χ2v) is 11.0. The molecule has 2 aliphatic rings. The SMILES string of the molecule is C=C(C)/C(=C(/C)O)c1nc(-c2cc(OC[C@H](O)CCC)ccc2Cl)nc(N2CC3=C(CN(C(=O)OCC)C3)C2)c1C. The van der Waals surface area contributed by atoms with Gasteiger partial charge in [0.2, 0.25) is 0 Å². The van der Waals surface area contributed by atoms with Gasteiger partial charge >= 0.3 is 6.09 Å². The predicted molar refractivity (Wildman–Crippen MR) is 161 cm³/mol. The van der Waals surface area contributed by atoms with Crippen molar-refractivity contribution in [2.75, 3.05) is 44.3 Å². The van der Waals surface area contributed by atoms with Gasteiger partial charge in [-0.05, 0) is 69.0 Å². The minimum Gasteiger partial charge on any atom is -0.512 e. The summed E-state index contributed by atoms with van der Waals surface area (Å²) in [5.74, 6) is 1.74. The van der Waals surface area contributed by atoms with Crippen molar-refractivity contribution in [3.05, 3.63) is 63.5 Å². The van der Waals surface area contributed by atoms with Crippen LogP contribution in [0, 0.1) is 6.92 Å². The Morgan fingerprint density at radius 3 is 2.41 bits per heavy atom. The molecule has 2 aliphatic heterocycles. The van der Waals surface area contributed by atoms with Crippen LogP contribution in [0.5, 0.6) is 5.75 Å². The van der Waals surface area contributed by atoms with Crippen LogP contribution in [0.4, 0.5) is 10.6 Å². The van der Waals surface area contributed by atoms with Gasteiger partial charge in [0.1, 0.15) is 18.2 Å². The molecule has 2 N–H and O–H groups in total. The lowest BCUT2D eigenvalue weighted by molar-refractivity contribution is 0.0994. The summed E-state index contributed by atoms with van der Waals surface area (Å²) in [6, 6.07) is 5.25. The summed E-state index contributed by atoms with van der Waals surface area (Å²) in [4.78, 5) is 26.0. The molecule has 1 aromatic heterocycles. The van der Waals surface area contributed by atoms with Crippen molar-refractivity contribution in [1.29, 1.82) is 0 Å². The Hall–Kier alpha value is -3.56. The molecule has 1 aromatic carbocycles. The number of aliphatic hydroxyl groups excluding tert-OH is 2. The molecule has 1 amide bonds. The van der Waals surface area contributed by atoms with Crippen LogP contribution in [-0.4, -0.2) is 76.7 Å². The third kappa shape index (κ3) is 6.68. The first kappa shape index (κ1) is 30.4. The van der Waals surface area contributed by atoms with E-state index in [1.165, 1.54) is 11.1 Å². The van der Waals surface area contributed by atoms with Crippen molar-refractivity contribution >= 4 is 29.1 Å². The molecule has 3 heterocycles. The number of rotatable bonds is 10. The van der Waals surface area contributed by atoms with E-state index in [1.807, 2.05) is 20.8 Å². The van der Waals surface area contributed by atoms with E-state index in [2.05, 4.69) is 11.5 Å². The molecule has 0 saturated heterocycles. The number of amides is 1. The molecule has 0 unspecified atom stereocenters. The Kier molecular flexibility index (Phi) is 9.60. The van der Waals surface area contributed by atoms with Gasteiger partial charge in [-0.2, -0.15) is 0 Å². The molecule has 0 fully saturated rings. The van der Waals surface area contributed by atoms with Crippen LogP contribution in [-0.2, 0) is 4.74 Å². The van der Waals surface area contributed by atoms with Crippen LogP contribution in [0.15, 0.2) is 47.3 Å². The normalized spacial score (nSPS) is 16.1. The highest BCUT2D eigenvalue weighted by Gasteiger charge is 2.34. The predicted octanol–water partition coefficient (Wildman–Crippen LogP) is 6.10. The molecule has 41 heavy (non-hydrogen) atoms. The molecular formula is C31H39ClN4O5. The largest absolute Gasteiger partial charge is 0.512 e. The zero-order chi connectivity index (χ0) is 29.8. The van der Waals surface area contributed by atoms with Crippen molar-refractivity contribution in [3.8, 4) is 17.1 Å². The van der Waals surface area contributed by atoms with Crippen LogP contribution in [0.3, 0.4) is 0 Å². The van der Waals surface area contributed by atoms with Gasteiger partial charge in [0.25, 0.3) is 0 Å². The number of aromatic nitrogens is 2. The van der Waals surface area contributed by atoms with Crippen LogP contribution < -0.4 is 9.64 Å². The molecule has 1 atom stereocenters. The summed E-state index contributed by atoms with van der Waals surface area (Å²) in [5.41, 5.74) is 5.50. The van der Waals surface area contributed by atoms with E-state index in [-0.39, 0.29) is 18.5 Å². The molecule has 2 aromatic rings. The van der Waals surface area contributed by atoms with Crippen molar-refractivity contribution in [3.63, 3.8) is 0 Å². The molecule has 0 aliphatic carbocycles. The number of ether oxygens (including phenoxy) is 2. The van der Waals surface area contributed by atoms with E-state index < -0.39 is 6.10 Å². The molecule has 10 heteroatoms. The van der Waals surface area contributed by atoms with Gasteiger partial charge in [0.05, 0.1) is 29.2 Å². The molecule has 0 bridgehead atoms. The maximum atomic E-state index is 12.3. The molecule has 0 saturated carbocycles. The maximum Gasteiger partial charge on any atom is 0.410 e.